The van der Waals surface area contributed by atoms with Gasteiger partial charge in [0.05, 0.1) is 5.56 Å². The Balaban J connectivity index is 2.28. The molecular formula is C14H13NO2. The molecule has 3 heteroatoms. The third kappa shape index (κ3) is 2.69. The van der Waals surface area contributed by atoms with E-state index in [0.29, 0.717) is 12.0 Å². The maximum absolute atomic E-state index is 10.9. The smallest absolute Gasteiger partial charge is 0.335 e. The van der Waals surface area contributed by atoms with Crippen LogP contribution in [0.15, 0.2) is 42.6 Å². The Labute approximate surface area is 99.8 Å². The van der Waals surface area contributed by atoms with E-state index in [0.717, 1.165) is 16.8 Å². The minimum Gasteiger partial charge on any atom is -0.478 e. The average molecular weight is 227 g/mol. The highest BCUT2D eigenvalue weighted by atomic mass is 16.4. The van der Waals surface area contributed by atoms with Crippen molar-refractivity contribution in [2.24, 2.45) is 0 Å². The molecular weight excluding hydrogens is 214 g/mol. The molecule has 1 aromatic carbocycles. The lowest BCUT2D eigenvalue weighted by Crippen LogP contribution is -1.99. The van der Waals surface area contributed by atoms with Gasteiger partial charge in [-0.25, -0.2) is 4.79 Å². The minimum absolute atomic E-state index is 0.323. The zero-order chi connectivity index (χ0) is 12.3. The van der Waals surface area contributed by atoms with Gasteiger partial charge in [0.25, 0.3) is 0 Å². The van der Waals surface area contributed by atoms with Crippen LogP contribution in [0.25, 0.3) is 0 Å². The standard InChI is InChI=1S/C14H13NO2/c1-10-12(6-3-7-15-10)8-11-4-2-5-13(9-11)14(16)17/h2-7,9H,8H2,1H3,(H,16,17). The zero-order valence-corrected chi connectivity index (χ0v) is 9.55. The van der Waals surface area contributed by atoms with Gasteiger partial charge in [0, 0.05) is 11.9 Å². The van der Waals surface area contributed by atoms with Gasteiger partial charge >= 0.3 is 5.97 Å². The van der Waals surface area contributed by atoms with Gasteiger partial charge in [0.1, 0.15) is 0 Å². The first-order chi connectivity index (χ1) is 8.16. The summed E-state index contributed by atoms with van der Waals surface area (Å²) in [6.45, 7) is 1.95. The second-order valence-electron chi connectivity index (χ2n) is 3.93. The minimum atomic E-state index is -0.894. The Morgan fingerprint density at radius 2 is 2.12 bits per heavy atom. The Kier molecular flexibility index (Phi) is 3.19. The fraction of sp³-hybridized carbons (Fsp3) is 0.143. The molecule has 0 bridgehead atoms. The quantitative estimate of drug-likeness (QED) is 0.877. The van der Waals surface area contributed by atoms with E-state index in [-0.39, 0.29) is 0 Å². The number of hydrogen-bond acceptors (Lipinski definition) is 2. The van der Waals surface area contributed by atoms with Crippen molar-refractivity contribution in [3.8, 4) is 0 Å². The molecule has 86 valence electrons. The summed E-state index contributed by atoms with van der Waals surface area (Å²) < 4.78 is 0. The van der Waals surface area contributed by atoms with Crippen LogP contribution in [0.3, 0.4) is 0 Å². The molecule has 0 aliphatic rings. The normalized spacial score (nSPS) is 10.2. The van der Waals surface area contributed by atoms with E-state index < -0.39 is 5.97 Å². The first kappa shape index (κ1) is 11.3. The van der Waals surface area contributed by atoms with Gasteiger partial charge in [-0.2, -0.15) is 0 Å². The van der Waals surface area contributed by atoms with Gasteiger partial charge in [-0.05, 0) is 42.7 Å². The summed E-state index contributed by atoms with van der Waals surface area (Å²) in [7, 11) is 0. The number of carboxylic acid groups (broad SMARTS) is 1. The van der Waals surface area contributed by atoms with E-state index in [1.165, 1.54) is 0 Å². The maximum Gasteiger partial charge on any atom is 0.335 e. The van der Waals surface area contributed by atoms with Crippen LogP contribution in [0.4, 0.5) is 0 Å². The van der Waals surface area contributed by atoms with Crippen LogP contribution in [0.2, 0.25) is 0 Å². The molecule has 0 unspecified atom stereocenters. The topological polar surface area (TPSA) is 50.2 Å². The van der Waals surface area contributed by atoms with Gasteiger partial charge < -0.3 is 5.11 Å². The fourth-order valence-electron chi connectivity index (χ4n) is 1.74. The Hall–Kier alpha value is -2.16. The Morgan fingerprint density at radius 3 is 2.82 bits per heavy atom. The van der Waals surface area contributed by atoms with Crippen LogP contribution in [0.5, 0.6) is 0 Å². The molecule has 0 atom stereocenters. The number of aryl methyl sites for hydroxylation is 1. The van der Waals surface area contributed by atoms with E-state index >= 15 is 0 Å². The first-order valence-corrected chi connectivity index (χ1v) is 5.39. The summed E-state index contributed by atoms with van der Waals surface area (Å²) in [5, 5.41) is 8.92. The number of benzene rings is 1. The number of carboxylic acids is 1. The summed E-state index contributed by atoms with van der Waals surface area (Å²) in [6, 6.07) is 10.9. The predicted molar refractivity (Wildman–Crippen MR) is 65.2 cm³/mol. The van der Waals surface area contributed by atoms with E-state index in [1.807, 2.05) is 25.1 Å². The van der Waals surface area contributed by atoms with Crippen LogP contribution in [0, 0.1) is 6.92 Å². The Bertz CT molecular complexity index is 549. The molecule has 0 aliphatic heterocycles. The van der Waals surface area contributed by atoms with E-state index in [2.05, 4.69) is 4.98 Å². The second kappa shape index (κ2) is 4.78. The van der Waals surface area contributed by atoms with Crippen molar-refractivity contribution in [3.05, 3.63) is 65.0 Å². The Morgan fingerprint density at radius 1 is 1.29 bits per heavy atom. The summed E-state index contributed by atoms with van der Waals surface area (Å²) in [4.78, 5) is 15.1. The van der Waals surface area contributed by atoms with Crippen molar-refractivity contribution >= 4 is 5.97 Å². The molecule has 0 amide bonds. The molecule has 3 nitrogen and oxygen atoms in total. The van der Waals surface area contributed by atoms with Crippen molar-refractivity contribution in [1.82, 2.24) is 4.98 Å². The summed E-state index contributed by atoms with van der Waals surface area (Å²) in [5.74, 6) is -0.894. The molecule has 0 spiro atoms. The highest BCUT2D eigenvalue weighted by molar-refractivity contribution is 5.87. The third-order valence-corrected chi connectivity index (χ3v) is 2.68. The summed E-state index contributed by atoms with van der Waals surface area (Å²) in [6.07, 6.45) is 2.47. The number of pyridine rings is 1. The molecule has 1 heterocycles. The number of hydrogen-bond donors (Lipinski definition) is 1. The molecule has 0 radical (unpaired) electrons. The molecule has 1 aromatic heterocycles. The molecule has 1 N–H and O–H groups in total. The third-order valence-electron chi connectivity index (χ3n) is 2.68. The predicted octanol–water partition coefficient (Wildman–Crippen LogP) is 2.68. The van der Waals surface area contributed by atoms with Crippen molar-refractivity contribution in [2.45, 2.75) is 13.3 Å². The lowest BCUT2D eigenvalue weighted by molar-refractivity contribution is 0.0697. The molecule has 17 heavy (non-hydrogen) atoms. The van der Waals surface area contributed by atoms with Crippen LogP contribution in [0.1, 0.15) is 27.2 Å². The number of aromatic carboxylic acids is 1. The average Bonchev–Trinajstić information content (AvgIpc) is 2.32. The number of nitrogens with zero attached hydrogens (tertiary/aromatic N) is 1. The molecule has 0 saturated carbocycles. The van der Waals surface area contributed by atoms with Gasteiger partial charge in [-0.15, -0.1) is 0 Å². The highest BCUT2D eigenvalue weighted by Crippen LogP contribution is 2.13. The largest absolute Gasteiger partial charge is 0.478 e. The van der Waals surface area contributed by atoms with Crippen LogP contribution in [-0.2, 0) is 6.42 Å². The zero-order valence-electron chi connectivity index (χ0n) is 9.55. The van der Waals surface area contributed by atoms with Crippen LogP contribution in [-0.4, -0.2) is 16.1 Å². The van der Waals surface area contributed by atoms with Crippen molar-refractivity contribution < 1.29 is 9.90 Å². The number of rotatable bonds is 3. The van der Waals surface area contributed by atoms with Gasteiger partial charge in [-0.3, -0.25) is 4.98 Å². The van der Waals surface area contributed by atoms with Gasteiger partial charge in [0.2, 0.25) is 0 Å². The summed E-state index contributed by atoms with van der Waals surface area (Å²) >= 11 is 0. The number of carbonyl (C=O) groups is 1. The molecule has 2 aromatic rings. The molecule has 2 rings (SSSR count). The van der Waals surface area contributed by atoms with Gasteiger partial charge in [-0.1, -0.05) is 18.2 Å². The van der Waals surface area contributed by atoms with Crippen LogP contribution < -0.4 is 0 Å². The fourth-order valence-corrected chi connectivity index (χ4v) is 1.74. The molecule has 0 aliphatic carbocycles. The monoisotopic (exact) mass is 227 g/mol. The lowest BCUT2D eigenvalue weighted by atomic mass is 10.0. The van der Waals surface area contributed by atoms with Crippen LogP contribution >= 0.6 is 0 Å². The molecule has 0 fully saturated rings. The van der Waals surface area contributed by atoms with E-state index in [4.69, 9.17) is 5.11 Å². The van der Waals surface area contributed by atoms with Crippen molar-refractivity contribution in [1.29, 1.82) is 0 Å². The highest BCUT2D eigenvalue weighted by Gasteiger charge is 2.05. The molecule has 0 saturated heterocycles. The SMILES string of the molecule is Cc1ncccc1Cc1cccc(C(=O)O)c1. The summed E-state index contributed by atoms with van der Waals surface area (Å²) in [5.41, 5.74) is 3.41. The van der Waals surface area contributed by atoms with Gasteiger partial charge in [0.15, 0.2) is 0 Å². The van der Waals surface area contributed by atoms with E-state index in [1.54, 1.807) is 24.4 Å². The maximum atomic E-state index is 10.9. The first-order valence-electron chi connectivity index (χ1n) is 5.39. The van der Waals surface area contributed by atoms with E-state index in [9.17, 15) is 4.79 Å². The number of aromatic nitrogens is 1. The van der Waals surface area contributed by atoms with Crippen molar-refractivity contribution in [3.63, 3.8) is 0 Å². The lowest BCUT2D eigenvalue weighted by Gasteiger charge is -2.05. The second-order valence-corrected chi connectivity index (χ2v) is 3.93. The van der Waals surface area contributed by atoms with Crippen molar-refractivity contribution in [2.75, 3.05) is 0 Å².